The molecule has 0 spiro atoms. The van der Waals surface area contributed by atoms with Gasteiger partial charge in [-0.1, -0.05) is 29.8 Å². The third-order valence-electron chi connectivity index (χ3n) is 3.99. The average molecular weight is 369 g/mol. The summed E-state index contributed by atoms with van der Waals surface area (Å²) in [6.07, 6.45) is 3.40. The largest absolute Gasteiger partial charge is 0.272 e. The third kappa shape index (κ3) is 2.87. The van der Waals surface area contributed by atoms with Crippen LogP contribution in [0.4, 0.5) is 0 Å². The minimum absolute atomic E-state index is 0.00165. The molecule has 1 aliphatic rings. The molecule has 1 unspecified atom stereocenters. The van der Waals surface area contributed by atoms with Crippen molar-refractivity contribution >= 4 is 29.9 Å². The number of pyridine rings is 1. The number of thioether (sulfide) groups is 1. The fourth-order valence-corrected chi connectivity index (χ4v) is 4.13. The number of amides is 1. The number of aryl methyl sites for hydroxylation is 1. The van der Waals surface area contributed by atoms with Crippen LogP contribution in [0.5, 0.6) is 0 Å². The molecule has 1 aliphatic heterocycles. The fraction of sp³-hybridized carbons (Fsp3) is 0.176. The molecule has 0 saturated carbocycles. The van der Waals surface area contributed by atoms with Gasteiger partial charge < -0.3 is 0 Å². The number of benzene rings is 1. The average Bonchev–Trinajstić information content (AvgIpc) is 3.19. The van der Waals surface area contributed by atoms with Gasteiger partial charge in [-0.05, 0) is 36.8 Å². The summed E-state index contributed by atoms with van der Waals surface area (Å²) >= 11 is 6.99. The Kier molecular flexibility index (Phi) is 4.14. The number of nitrogens with one attached hydrogen (secondary N) is 1. The summed E-state index contributed by atoms with van der Waals surface area (Å²) in [6, 6.07) is 11.9. The van der Waals surface area contributed by atoms with Gasteiger partial charge in [0.25, 0.3) is 5.91 Å². The normalized spacial score (nSPS) is 17.2. The predicted octanol–water partition coefficient (Wildman–Crippen LogP) is 3.22. The molecule has 2 aromatic heterocycles. The number of aromatic amines is 1. The smallest absolute Gasteiger partial charge is 0.252 e. The minimum atomic E-state index is -0.146. The van der Waals surface area contributed by atoms with Gasteiger partial charge in [0.15, 0.2) is 5.82 Å². The van der Waals surface area contributed by atoms with E-state index in [4.69, 9.17) is 12.2 Å². The van der Waals surface area contributed by atoms with Crippen LogP contribution < -0.4 is 5.01 Å². The maximum atomic E-state index is 12.6. The first-order valence-corrected chi connectivity index (χ1v) is 9.19. The maximum Gasteiger partial charge on any atom is 0.252 e. The summed E-state index contributed by atoms with van der Waals surface area (Å²) < 4.78 is 2.06. The van der Waals surface area contributed by atoms with E-state index in [1.807, 2.05) is 43.3 Å². The van der Waals surface area contributed by atoms with Crippen LogP contribution in [-0.2, 0) is 4.79 Å². The van der Waals surface area contributed by atoms with Gasteiger partial charge in [-0.3, -0.25) is 9.78 Å². The Balaban J connectivity index is 1.82. The van der Waals surface area contributed by atoms with E-state index in [0.29, 0.717) is 16.3 Å². The molecule has 3 heterocycles. The molecule has 0 radical (unpaired) electrons. The summed E-state index contributed by atoms with van der Waals surface area (Å²) in [4.78, 5) is 16.8. The van der Waals surface area contributed by atoms with Gasteiger partial charge in [0.2, 0.25) is 4.77 Å². The first kappa shape index (κ1) is 16.0. The van der Waals surface area contributed by atoms with E-state index in [9.17, 15) is 4.79 Å². The Morgan fingerprint density at radius 2 is 2.08 bits per heavy atom. The molecular formula is C17H15N5OS2. The monoisotopic (exact) mass is 369 g/mol. The van der Waals surface area contributed by atoms with E-state index in [1.165, 1.54) is 5.56 Å². The van der Waals surface area contributed by atoms with Crippen LogP contribution >= 0.6 is 24.0 Å². The molecule has 6 nitrogen and oxygen atoms in total. The van der Waals surface area contributed by atoms with E-state index in [0.717, 1.165) is 11.1 Å². The van der Waals surface area contributed by atoms with Crippen molar-refractivity contribution in [3.05, 3.63) is 64.7 Å². The highest BCUT2D eigenvalue weighted by Gasteiger charge is 2.36. The maximum absolute atomic E-state index is 12.6. The number of rotatable bonds is 3. The van der Waals surface area contributed by atoms with E-state index >= 15 is 0 Å². The second kappa shape index (κ2) is 6.45. The highest BCUT2D eigenvalue weighted by Crippen LogP contribution is 2.38. The number of nitrogens with zero attached hydrogens (tertiary/aromatic N) is 4. The molecule has 25 heavy (non-hydrogen) atoms. The summed E-state index contributed by atoms with van der Waals surface area (Å²) in [6.45, 7) is 2.04. The third-order valence-corrected chi connectivity index (χ3v) is 5.46. The van der Waals surface area contributed by atoms with Crippen molar-refractivity contribution in [3.63, 3.8) is 0 Å². The zero-order valence-electron chi connectivity index (χ0n) is 13.4. The highest BCUT2D eigenvalue weighted by molar-refractivity contribution is 8.00. The van der Waals surface area contributed by atoms with Crippen LogP contribution in [0, 0.1) is 11.7 Å². The van der Waals surface area contributed by atoms with E-state index in [1.54, 1.807) is 33.8 Å². The van der Waals surface area contributed by atoms with Crippen molar-refractivity contribution in [3.8, 4) is 11.4 Å². The van der Waals surface area contributed by atoms with Gasteiger partial charge in [-0.2, -0.15) is 5.10 Å². The van der Waals surface area contributed by atoms with Crippen molar-refractivity contribution in [1.29, 1.82) is 0 Å². The Morgan fingerprint density at radius 3 is 2.80 bits per heavy atom. The molecule has 1 atom stereocenters. The van der Waals surface area contributed by atoms with Crippen molar-refractivity contribution in [2.75, 3.05) is 10.8 Å². The number of carbonyl (C=O) groups is 1. The summed E-state index contributed by atoms with van der Waals surface area (Å²) in [5.74, 6) is 0.974. The SMILES string of the molecule is Cc1ccc(C2SCC(=O)N2n2c(-c3cccnc3)n[nH]c2=S)cc1. The molecule has 1 N–H and O–H groups in total. The molecule has 0 aliphatic carbocycles. The Morgan fingerprint density at radius 1 is 1.28 bits per heavy atom. The van der Waals surface area contributed by atoms with Gasteiger partial charge >= 0.3 is 0 Å². The molecule has 1 fully saturated rings. The Labute approximate surface area is 153 Å². The lowest BCUT2D eigenvalue weighted by molar-refractivity contribution is -0.117. The lowest BCUT2D eigenvalue weighted by Crippen LogP contribution is -2.38. The molecule has 126 valence electrons. The van der Waals surface area contributed by atoms with Crippen molar-refractivity contribution in [2.24, 2.45) is 0 Å². The number of carbonyl (C=O) groups excluding carboxylic acids is 1. The van der Waals surface area contributed by atoms with E-state index in [2.05, 4.69) is 15.2 Å². The standard InChI is InChI=1S/C17H15N5OS2/c1-11-4-6-12(7-5-11)16-21(14(23)10-25-16)22-15(19-20-17(22)24)13-3-2-8-18-9-13/h2-9,16H,10H2,1H3,(H,20,24). The Hall–Kier alpha value is -2.45. The van der Waals surface area contributed by atoms with Gasteiger partial charge in [0, 0.05) is 18.0 Å². The van der Waals surface area contributed by atoms with Crippen molar-refractivity contribution < 1.29 is 4.79 Å². The van der Waals surface area contributed by atoms with E-state index in [-0.39, 0.29) is 11.3 Å². The highest BCUT2D eigenvalue weighted by atomic mass is 32.2. The summed E-state index contributed by atoms with van der Waals surface area (Å²) in [5.41, 5.74) is 3.03. The van der Waals surface area contributed by atoms with Crippen molar-refractivity contribution in [2.45, 2.75) is 12.3 Å². The van der Waals surface area contributed by atoms with Crippen LogP contribution in [0.25, 0.3) is 11.4 Å². The summed E-state index contributed by atoms with van der Waals surface area (Å²) in [7, 11) is 0. The zero-order valence-corrected chi connectivity index (χ0v) is 15.0. The molecule has 1 aromatic carbocycles. The first-order chi connectivity index (χ1) is 12.1. The molecule has 8 heteroatoms. The fourth-order valence-electron chi connectivity index (χ4n) is 2.78. The minimum Gasteiger partial charge on any atom is -0.272 e. The van der Waals surface area contributed by atoms with Gasteiger partial charge in [0.05, 0.1) is 5.75 Å². The van der Waals surface area contributed by atoms with Crippen LogP contribution in [-0.4, -0.2) is 31.5 Å². The molecular weight excluding hydrogens is 354 g/mol. The molecule has 3 aromatic rings. The van der Waals surface area contributed by atoms with Crippen LogP contribution in [0.1, 0.15) is 16.5 Å². The van der Waals surface area contributed by atoms with Crippen LogP contribution in [0.2, 0.25) is 0 Å². The second-order valence-electron chi connectivity index (χ2n) is 5.72. The molecule has 1 amide bonds. The number of hydrogen-bond donors (Lipinski definition) is 1. The number of hydrogen-bond acceptors (Lipinski definition) is 5. The van der Waals surface area contributed by atoms with Gasteiger partial charge in [-0.25, -0.2) is 14.8 Å². The van der Waals surface area contributed by atoms with Gasteiger partial charge in [0.1, 0.15) is 5.37 Å². The molecule has 4 rings (SSSR count). The van der Waals surface area contributed by atoms with Crippen molar-refractivity contribution in [1.82, 2.24) is 19.9 Å². The number of H-pyrrole nitrogens is 1. The summed E-state index contributed by atoms with van der Waals surface area (Å²) in [5, 5.41) is 8.65. The zero-order chi connectivity index (χ0) is 17.4. The van der Waals surface area contributed by atoms with Crippen LogP contribution in [0.15, 0.2) is 48.8 Å². The van der Waals surface area contributed by atoms with E-state index < -0.39 is 0 Å². The quantitative estimate of drug-likeness (QED) is 0.718. The second-order valence-corrected chi connectivity index (χ2v) is 7.17. The van der Waals surface area contributed by atoms with Crippen LogP contribution in [0.3, 0.4) is 0 Å². The molecule has 0 bridgehead atoms. The lowest BCUT2D eigenvalue weighted by Gasteiger charge is -2.25. The predicted molar refractivity (Wildman–Crippen MR) is 100 cm³/mol. The topological polar surface area (TPSA) is 66.8 Å². The first-order valence-electron chi connectivity index (χ1n) is 7.73. The number of aromatic nitrogens is 4. The Bertz CT molecular complexity index is 965. The molecule has 1 saturated heterocycles. The van der Waals surface area contributed by atoms with Gasteiger partial charge in [-0.15, -0.1) is 11.8 Å². The lowest BCUT2D eigenvalue weighted by atomic mass is 10.1.